The van der Waals surface area contributed by atoms with Crippen LogP contribution in [0.25, 0.3) is 16.7 Å². The molecule has 0 aliphatic carbocycles. The van der Waals surface area contributed by atoms with Crippen molar-refractivity contribution in [2.24, 2.45) is 0 Å². The molecule has 0 amide bonds. The van der Waals surface area contributed by atoms with Gasteiger partial charge in [-0.25, -0.2) is 4.98 Å². The van der Waals surface area contributed by atoms with E-state index in [9.17, 15) is 0 Å². The van der Waals surface area contributed by atoms with Gasteiger partial charge in [-0.2, -0.15) is 0 Å². The number of aromatic nitrogens is 2. The predicted molar refractivity (Wildman–Crippen MR) is 89.8 cm³/mol. The lowest BCUT2D eigenvalue weighted by atomic mass is 10.1. The van der Waals surface area contributed by atoms with E-state index in [0.717, 1.165) is 28.1 Å². The van der Waals surface area contributed by atoms with Crippen LogP contribution in [0.5, 0.6) is 0 Å². The quantitative estimate of drug-likeness (QED) is 0.563. The van der Waals surface area contributed by atoms with E-state index in [2.05, 4.69) is 28.6 Å². The van der Waals surface area contributed by atoms with Crippen LogP contribution in [0.2, 0.25) is 5.02 Å². The maximum atomic E-state index is 6.45. The SMILES string of the molecule is Cc1ccc2nc(C(C)Cl)n(-c3c(C)cccc3Cl)c2c1. The molecule has 0 bridgehead atoms. The monoisotopic (exact) mass is 318 g/mol. The molecule has 0 saturated carbocycles. The second-order valence-electron chi connectivity index (χ2n) is 5.32. The van der Waals surface area contributed by atoms with Crippen molar-refractivity contribution in [1.82, 2.24) is 9.55 Å². The molecule has 1 aromatic heterocycles. The van der Waals surface area contributed by atoms with Gasteiger partial charge in [0.15, 0.2) is 0 Å². The van der Waals surface area contributed by atoms with Crippen molar-refractivity contribution in [3.05, 3.63) is 58.4 Å². The number of para-hydroxylation sites is 1. The molecule has 108 valence electrons. The summed E-state index contributed by atoms with van der Waals surface area (Å²) in [5.41, 5.74) is 5.20. The maximum absolute atomic E-state index is 6.45. The summed E-state index contributed by atoms with van der Waals surface area (Å²) >= 11 is 12.8. The first kappa shape index (κ1) is 14.4. The minimum Gasteiger partial charge on any atom is -0.293 e. The zero-order chi connectivity index (χ0) is 15.1. The van der Waals surface area contributed by atoms with Crippen LogP contribution in [-0.4, -0.2) is 9.55 Å². The van der Waals surface area contributed by atoms with Gasteiger partial charge in [0, 0.05) is 0 Å². The molecule has 0 saturated heterocycles. The second-order valence-corrected chi connectivity index (χ2v) is 6.38. The molecule has 1 unspecified atom stereocenters. The number of rotatable bonds is 2. The fourth-order valence-corrected chi connectivity index (χ4v) is 3.06. The smallest absolute Gasteiger partial charge is 0.132 e. The van der Waals surface area contributed by atoms with E-state index in [4.69, 9.17) is 23.2 Å². The Bertz CT molecular complexity index is 799. The van der Waals surface area contributed by atoms with Crippen molar-refractivity contribution in [1.29, 1.82) is 0 Å². The predicted octanol–water partition coefficient (Wildman–Crippen LogP) is 5.60. The Morgan fingerprint density at radius 2 is 1.90 bits per heavy atom. The molecule has 0 radical (unpaired) electrons. The van der Waals surface area contributed by atoms with Gasteiger partial charge in [-0.3, -0.25) is 4.57 Å². The Balaban J connectivity index is 2.44. The number of alkyl halides is 1. The molecule has 3 aromatic rings. The molecule has 3 rings (SSSR count). The van der Waals surface area contributed by atoms with E-state index >= 15 is 0 Å². The highest BCUT2D eigenvalue weighted by atomic mass is 35.5. The number of hydrogen-bond donors (Lipinski definition) is 0. The van der Waals surface area contributed by atoms with Gasteiger partial charge in [0.2, 0.25) is 0 Å². The highest BCUT2D eigenvalue weighted by molar-refractivity contribution is 6.32. The summed E-state index contributed by atoms with van der Waals surface area (Å²) in [5, 5.41) is 0.503. The summed E-state index contributed by atoms with van der Waals surface area (Å²) in [5.74, 6) is 0.813. The fourth-order valence-electron chi connectivity index (χ4n) is 2.61. The van der Waals surface area contributed by atoms with E-state index in [0.29, 0.717) is 5.02 Å². The Morgan fingerprint density at radius 3 is 2.57 bits per heavy atom. The highest BCUT2D eigenvalue weighted by Crippen LogP contribution is 2.33. The van der Waals surface area contributed by atoms with Crippen LogP contribution in [0.4, 0.5) is 0 Å². The molecular formula is C17H16Cl2N2. The van der Waals surface area contributed by atoms with E-state index in [-0.39, 0.29) is 5.38 Å². The Morgan fingerprint density at radius 1 is 1.14 bits per heavy atom. The first-order chi connectivity index (χ1) is 9.99. The molecule has 0 fully saturated rings. The largest absolute Gasteiger partial charge is 0.293 e. The van der Waals surface area contributed by atoms with E-state index < -0.39 is 0 Å². The summed E-state index contributed by atoms with van der Waals surface area (Å²) in [6, 6.07) is 12.1. The lowest BCUT2D eigenvalue weighted by Crippen LogP contribution is -2.04. The molecule has 0 spiro atoms. The minimum absolute atomic E-state index is 0.201. The topological polar surface area (TPSA) is 17.8 Å². The van der Waals surface area contributed by atoms with Gasteiger partial charge in [-0.1, -0.05) is 29.8 Å². The molecule has 0 aliphatic heterocycles. The number of nitrogens with zero attached hydrogens (tertiary/aromatic N) is 2. The molecule has 4 heteroatoms. The van der Waals surface area contributed by atoms with Gasteiger partial charge in [0.05, 0.1) is 27.1 Å². The standard InChI is InChI=1S/C17H16Cl2N2/c1-10-7-8-14-15(9-10)21(17(20-14)12(3)18)16-11(2)5-4-6-13(16)19/h4-9,12H,1-3H3. The van der Waals surface area contributed by atoms with Crippen LogP contribution >= 0.6 is 23.2 Å². The normalized spacial score (nSPS) is 12.8. The third-order valence-corrected chi connectivity index (χ3v) is 4.10. The zero-order valence-electron chi connectivity index (χ0n) is 12.2. The van der Waals surface area contributed by atoms with Gasteiger partial charge in [0.25, 0.3) is 0 Å². The summed E-state index contributed by atoms with van der Waals surface area (Å²) in [4.78, 5) is 4.68. The summed E-state index contributed by atoms with van der Waals surface area (Å²) in [7, 11) is 0. The number of aryl methyl sites for hydroxylation is 2. The number of benzene rings is 2. The molecule has 1 heterocycles. The second kappa shape index (κ2) is 5.36. The Hall–Kier alpha value is -1.51. The van der Waals surface area contributed by atoms with Gasteiger partial charge >= 0.3 is 0 Å². The Kier molecular flexibility index (Phi) is 3.68. The van der Waals surface area contributed by atoms with Crippen molar-refractivity contribution >= 4 is 34.2 Å². The van der Waals surface area contributed by atoms with Crippen LogP contribution in [0.1, 0.15) is 29.3 Å². The van der Waals surface area contributed by atoms with Gasteiger partial charge in [-0.15, -0.1) is 11.6 Å². The van der Waals surface area contributed by atoms with E-state index in [1.165, 1.54) is 5.56 Å². The third-order valence-electron chi connectivity index (χ3n) is 3.60. The average molecular weight is 319 g/mol. The molecule has 0 aliphatic rings. The lowest BCUT2D eigenvalue weighted by Gasteiger charge is -2.15. The highest BCUT2D eigenvalue weighted by Gasteiger charge is 2.19. The lowest BCUT2D eigenvalue weighted by molar-refractivity contribution is 0.878. The summed E-state index contributed by atoms with van der Waals surface area (Å²) < 4.78 is 2.08. The van der Waals surface area contributed by atoms with Crippen LogP contribution in [0.15, 0.2) is 36.4 Å². The number of halogens is 2. The third kappa shape index (κ3) is 2.43. The minimum atomic E-state index is -0.201. The number of imidazole rings is 1. The van der Waals surface area contributed by atoms with Crippen LogP contribution < -0.4 is 0 Å². The van der Waals surface area contributed by atoms with E-state index in [1.807, 2.05) is 38.1 Å². The molecule has 2 aromatic carbocycles. The maximum Gasteiger partial charge on any atom is 0.132 e. The first-order valence-corrected chi connectivity index (χ1v) is 7.69. The van der Waals surface area contributed by atoms with Gasteiger partial charge in [-0.05, 0) is 50.1 Å². The van der Waals surface area contributed by atoms with Crippen molar-refractivity contribution in [2.75, 3.05) is 0 Å². The van der Waals surface area contributed by atoms with Crippen molar-refractivity contribution < 1.29 is 0 Å². The van der Waals surface area contributed by atoms with Crippen LogP contribution in [0, 0.1) is 13.8 Å². The summed E-state index contributed by atoms with van der Waals surface area (Å²) in [6.07, 6.45) is 0. The molecule has 2 nitrogen and oxygen atoms in total. The Labute approximate surface area is 134 Å². The van der Waals surface area contributed by atoms with Gasteiger partial charge in [0.1, 0.15) is 5.82 Å². The zero-order valence-corrected chi connectivity index (χ0v) is 13.7. The molecule has 0 N–H and O–H groups in total. The van der Waals surface area contributed by atoms with Crippen molar-refractivity contribution in [2.45, 2.75) is 26.1 Å². The van der Waals surface area contributed by atoms with Crippen molar-refractivity contribution in [3.8, 4) is 5.69 Å². The van der Waals surface area contributed by atoms with Crippen LogP contribution in [-0.2, 0) is 0 Å². The molecule has 1 atom stereocenters. The fraction of sp³-hybridized carbons (Fsp3) is 0.235. The molecule has 21 heavy (non-hydrogen) atoms. The number of fused-ring (bicyclic) bond motifs is 1. The average Bonchev–Trinajstić information content (AvgIpc) is 2.78. The van der Waals surface area contributed by atoms with E-state index in [1.54, 1.807) is 0 Å². The van der Waals surface area contributed by atoms with Crippen molar-refractivity contribution in [3.63, 3.8) is 0 Å². The molecular weight excluding hydrogens is 303 g/mol. The first-order valence-electron chi connectivity index (χ1n) is 6.87. The van der Waals surface area contributed by atoms with Crippen LogP contribution in [0.3, 0.4) is 0 Å². The summed E-state index contributed by atoms with van der Waals surface area (Å²) in [6.45, 7) is 6.05. The van der Waals surface area contributed by atoms with Gasteiger partial charge < -0.3 is 0 Å². The number of hydrogen-bond acceptors (Lipinski definition) is 1.